The molecule has 2 rings (SSSR count). The van der Waals surface area contributed by atoms with Gasteiger partial charge in [-0.1, -0.05) is 6.92 Å². The van der Waals surface area contributed by atoms with Crippen LogP contribution < -0.4 is 5.32 Å². The molecule has 0 bridgehead atoms. The van der Waals surface area contributed by atoms with E-state index in [9.17, 15) is 13.6 Å². The lowest BCUT2D eigenvalue weighted by Gasteiger charge is -2.15. The Morgan fingerprint density at radius 3 is 2.75 bits per heavy atom. The molecule has 106 valence electrons. The zero-order valence-corrected chi connectivity index (χ0v) is 11.2. The molecule has 6 heteroatoms. The smallest absolute Gasteiger partial charge is 0.254 e. The number of nitrogens with one attached hydrogen (secondary N) is 2. The Hall–Kier alpha value is -2.24. The Bertz CT molecular complexity index is 611. The summed E-state index contributed by atoms with van der Waals surface area (Å²) in [6.45, 7) is 3.36. The number of aryl methyl sites for hydroxylation is 1. The van der Waals surface area contributed by atoms with Crippen LogP contribution in [0.4, 0.5) is 8.78 Å². The molecule has 0 aliphatic rings. The highest BCUT2D eigenvalue weighted by Gasteiger charge is 2.19. The summed E-state index contributed by atoms with van der Waals surface area (Å²) in [5.41, 5.74) is 0.0523. The summed E-state index contributed by atoms with van der Waals surface area (Å²) < 4.78 is 26.8. The molecule has 0 saturated heterocycles. The molecule has 1 aromatic carbocycles. The normalized spacial score (nSPS) is 12.2. The molecule has 1 amide bonds. The van der Waals surface area contributed by atoms with E-state index < -0.39 is 17.5 Å². The lowest BCUT2D eigenvalue weighted by Crippen LogP contribution is -2.29. The number of halogens is 2. The number of amides is 1. The van der Waals surface area contributed by atoms with Crippen LogP contribution in [-0.2, 0) is 0 Å². The fourth-order valence-electron chi connectivity index (χ4n) is 1.90. The monoisotopic (exact) mass is 279 g/mol. The van der Waals surface area contributed by atoms with Crippen LogP contribution in [0.15, 0.2) is 24.5 Å². The molecule has 0 fully saturated rings. The van der Waals surface area contributed by atoms with Gasteiger partial charge >= 0.3 is 0 Å². The van der Waals surface area contributed by atoms with Gasteiger partial charge in [0.2, 0.25) is 0 Å². The van der Waals surface area contributed by atoms with Crippen LogP contribution in [0.1, 0.15) is 41.1 Å². The molecule has 0 aliphatic carbocycles. The van der Waals surface area contributed by atoms with Crippen LogP contribution in [-0.4, -0.2) is 15.9 Å². The molecule has 1 heterocycles. The minimum absolute atomic E-state index is 0.172. The number of hydrogen-bond acceptors (Lipinski definition) is 2. The third kappa shape index (κ3) is 2.84. The van der Waals surface area contributed by atoms with Crippen LogP contribution in [0.5, 0.6) is 0 Å². The van der Waals surface area contributed by atoms with Crippen molar-refractivity contribution in [2.45, 2.75) is 26.3 Å². The number of carbonyl (C=O) groups excluding carboxylic acids is 1. The van der Waals surface area contributed by atoms with Crippen molar-refractivity contribution in [1.82, 2.24) is 15.3 Å². The van der Waals surface area contributed by atoms with Crippen molar-refractivity contribution < 1.29 is 13.6 Å². The summed E-state index contributed by atoms with van der Waals surface area (Å²) >= 11 is 0. The first kappa shape index (κ1) is 14.2. The number of hydrogen-bond donors (Lipinski definition) is 2. The number of benzene rings is 1. The number of imidazole rings is 1. The first-order chi connectivity index (χ1) is 9.52. The summed E-state index contributed by atoms with van der Waals surface area (Å²) in [5.74, 6) is -1.54. The number of rotatable bonds is 4. The summed E-state index contributed by atoms with van der Waals surface area (Å²) in [7, 11) is 0. The second-order valence-electron chi connectivity index (χ2n) is 4.49. The zero-order valence-electron chi connectivity index (χ0n) is 11.2. The molecule has 4 nitrogen and oxygen atoms in total. The molecule has 0 aliphatic heterocycles. The second kappa shape index (κ2) is 5.81. The maximum atomic E-state index is 13.7. The van der Waals surface area contributed by atoms with Crippen molar-refractivity contribution in [3.05, 3.63) is 53.1 Å². The molecule has 2 N–H and O–H groups in total. The van der Waals surface area contributed by atoms with Crippen LogP contribution in [0.3, 0.4) is 0 Å². The van der Waals surface area contributed by atoms with E-state index in [0.29, 0.717) is 12.2 Å². The highest BCUT2D eigenvalue weighted by molar-refractivity contribution is 5.94. The first-order valence-corrected chi connectivity index (χ1v) is 6.28. The number of aromatic amines is 1. The van der Waals surface area contributed by atoms with Gasteiger partial charge in [0.15, 0.2) is 0 Å². The zero-order chi connectivity index (χ0) is 14.7. The Kier molecular flexibility index (Phi) is 4.12. The molecule has 0 radical (unpaired) electrons. The van der Waals surface area contributed by atoms with Crippen molar-refractivity contribution in [2.75, 3.05) is 0 Å². The van der Waals surface area contributed by atoms with Crippen molar-refractivity contribution in [2.24, 2.45) is 0 Å². The molecule has 1 aromatic heterocycles. The summed E-state index contributed by atoms with van der Waals surface area (Å²) in [6.07, 6.45) is 3.82. The summed E-state index contributed by atoms with van der Waals surface area (Å²) in [4.78, 5) is 19.0. The van der Waals surface area contributed by atoms with E-state index >= 15 is 0 Å². The van der Waals surface area contributed by atoms with Gasteiger partial charge < -0.3 is 10.3 Å². The maximum Gasteiger partial charge on any atom is 0.254 e. The van der Waals surface area contributed by atoms with Gasteiger partial charge in [-0.3, -0.25) is 4.79 Å². The minimum Gasteiger partial charge on any atom is -0.347 e. The van der Waals surface area contributed by atoms with E-state index in [-0.39, 0.29) is 17.2 Å². The molecule has 0 saturated carbocycles. The van der Waals surface area contributed by atoms with Crippen LogP contribution in [0.2, 0.25) is 0 Å². The fourth-order valence-corrected chi connectivity index (χ4v) is 1.90. The summed E-state index contributed by atoms with van der Waals surface area (Å²) in [6, 6.07) is 1.58. The maximum absolute atomic E-state index is 13.7. The predicted molar refractivity (Wildman–Crippen MR) is 70.2 cm³/mol. The van der Waals surface area contributed by atoms with Crippen LogP contribution >= 0.6 is 0 Å². The van der Waals surface area contributed by atoms with Gasteiger partial charge in [0, 0.05) is 18.5 Å². The van der Waals surface area contributed by atoms with Gasteiger partial charge in [0.1, 0.15) is 17.5 Å². The van der Waals surface area contributed by atoms with E-state index in [1.807, 2.05) is 6.92 Å². The van der Waals surface area contributed by atoms with E-state index in [1.165, 1.54) is 13.0 Å². The molecule has 2 aromatic rings. The number of nitrogens with zero attached hydrogens (tertiary/aromatic N) is 1. The lowest BCUT2D eigenvalue weighted by molar-refractivity contribution is 0.0929. The van der Waals surface area contributed by atoms with Gasteiger partial charge in [0.25, 0.3) is 5.91 Å². The highest BCUT2D eigenvalue weighted by Crippen LogP contribution is 2.17. The van der Waals surface area contributed by atoms with Crippen LogP contribution in [0.25, 0.3) is 0 Å². The lowest BCUT2D eigenvalue weighted by atomic mass is 10.1. The van der Waals surface area contributed by atoms with Crippen molar-refractivity contribution >= 4 is 5.91 Å². The largest absolute Gasteiger partial charge is 0.347 e. The second-order valence-corrected chi connectivity index (χ2v) is 4.49. The van der Waals surface area contributed by atoms with Crippen molar-refractivity contribution in [3.8, 4) is 0 Å². The van der Waals surface area contributed by atoms with E-state index in [1.54, 1.807) is 12.4 Å². The van der Waals surface area contributed by atoms with Crippen LogP contribution in [0, 0.1) is 18.6 Å². The van der Waals surface area contributed by atoms with E-state index in [0.717, 1.165) is 6.07 Å². The Morgan fingerprint density at radius 2 is 2.15 bits per heavy atom. The molecule has 20 heavy (non-hydrogen) atoms. The molecule has 1 unspecified atom stereocenters. The SMILES string of the molecule is CCC(NC(=O)c1cc(C)c(F)cc1F)c1ncc[nH]1. The van der Waals surface area contributed by atoms with Gasteiger partial charge in [0.05, 0.1) is 11.6 Å². The standard InChI is InChI=1S/C14H15F2N3O/c1-3-12(13-17-4-5-18-13)19-14(20)9-6-8(2)10(15)7-11(9)16/h4-7,12H,3H2,1-2H3,(H,17,18)(H,19,20). The van der Waals surface area contributed by atoms with Crippen molar-refractivity contribution in [1.29, 1.82) is 0 Å². The van der Waals surface area contributed by atoms with Crippen molar-refractivity contribution in [3.63, 3.8) is 0 Å². The van der Waals surface area contributed by atoms with Gasteiger partial charge in [-0.05, 0) is 25.0 Å². The predicted octanol–water partition coefficient (Wildman–Crippen LogP) is 2.88. The molecule has 0 spiro atoms. The third-order valence-corrected chi connectivity index (χ3v) is 3.06. The Morgan fingerprint density at radius 1 is 1.40 bits per heavy atom. The van der Waals surface area contributed by atoms with E-state index in [2.05, 4.69) is 15.3 Å². The molecular weight excluding hydrogens is 264 g/mol. The van der Waals surface area contributed by atoms with Gasteiger partial charge in [-0.2, -0.15) is 0 Å². The quantitative estimate of drug-likeness (QED) is 0.904. The number of H-pyrrole nitrogens is 1. The third-order valence-electron chi connectivity index (χ3n) is 3.06. The topological polar surface area (TPSA) is 57.8 Å². The minimum atomic E-state index is -0.875. The number of aromatic nitrogens is 2. The fraction of sp³-hybridized carbons (Fsp3) is 0.286. The summed E-state index contributed by atoms with van der Waals surface area (Å²) in [5, 5.41) is 2.68. The highest BCUT2D eigenvalue weighted by atomic mass is 19.1. The number of carbonyl (C=O) groups is 1. The molecular formula is C14H15F2N3O. The Labute approximate surface area is 115 Å². The van der Waals surface area contributed by atoms with E-state index in [4.69, 9.17) is 0 Å². The molecule has 1 atom stereocenters. The average molecular weight is 279 g/mol. The average Bonchev–Trinajstić information content (AvgIpc) is 2.93. The van der Waals surface area contributed by atoms with Gasteiger partial charge in [-0.15, -0.1) is 0 Å². The Balaban J connectivity index is 2.21. The van der Waals surface area contributed by atoms with Gasteiger partial charge in [-0.25, -0.2) is 13.8 Å². The first-order valence-electron chi connectivity index (χ1n) is 6.28.